The Morgan fingerprint density at radius 2 is 1.80 bits per heavy atom. The maximum atomic E-state index is 13.3. The Hall–Kier alpha value is -2.03. The molecule has 0 unspecified atom stereocenters. The molecule has 0 bridgehead atoms. The number of guanidine groups is 1. The molecular formula is C18H23FIN3O2. The SMILES string of the molecule is CCNC(=NCc1ccc(O)c(F)c1)NCc1ccc(OC)cc1.I. The summed E-state index contributed by atoms with van der Waals surface area (Å²) in [5.41, 5.74) is 1.78. The number of hydrogen-bond donors (Lipinski definition) is 3. The number of methoxy groups -OCH3 is 1. The highest BCUT2D eigenvalue weighted by molar-refractivity contribution is 14.0. The number of hydrogen-bond acceptors (Lipinski definition) is 3. The van der Waals surface area contributed by atoms with Crippen molar-refractivity contribution in [2.45, 2.75) is 20.0 Å². The predicted octanol–water partition coefficient (Wildman–Crippen LogP) is 3.41. The molecule has 2 aromatic carbocycles. The van der Waals surface area contributed by atoms with Gasteiger partial charge in [0.2, 0.25) is 0 Å². The number of nitrogens with one attached hydrogen (secondary N) is 2. The van der Waals surface area contributed by atoms with Gasteiger partial charge in [-0.25, -0.2) is 9.38 Å². The molecule has 7 heteroatoms. The first-order valence-corrected chi connectivity index (χ1v) is 7.75. The van der Waals surface area contributed by atoms with Crippen LogP contribution in [-0.2, 0) is 13.1 Å². The van der Waals surface area contributed by atoms with E-state index in [1.807, 2.05) is 31.2 Å². The molecule has 3 N–H and O–H groups in total. The maximum absolute atomic E-state index is 13.3. The highest BCUT2D eigenvalue weighted by Gasteiger charge is 2.03. The van der Waals surface area contributed by atoms with Crippen LogP contribution in [0.5, 0.6) is 11.5 Å². The van der Waals surface area contributed by atoms with E-state index < -0.39 is 5.82 Å². The van der Waals surface area contributed by atoms with Crippen LogP contribution in [0.1, 0.15) is 18.1 Å². The highest BCUT2D eigenvalue weighted by Crippen LogP contribution is 2.16. The van der Waals surface area contributed by atoms with Crippen LogP contribution in [0.15, 0.2) is 47.5 Å². The van der Waals surface area contributed by atoms with Crippen LogP contribution in [0, 0.1) is 5.82 Å². The molecule has 0 saturated carbocycles. The van der Waals surface area contributed by atoms with Gasteiger partial charge in [0.1, 0.15) is 5.75 Å². The minimum absolute atomic E-state index is 0. The second-order valence-corrected chi connectivity index (χ2v) is 5.18. The summed E-state index contributed by atoms with van der Waals surface area (Å²) in [5, 5.41) is 15.6. The van der Waals surface area contributed by atoms with E-state index in [9.17, 15) is 9.50 Å². The standard InChI is InChI=1S/C18H22FN3O2.HI/c1-3-20-18(21-11-13-4-7-15(24-2)8-5-13)22-12-14-6-9-17(23)16(19)10-14;/h4-10,23H,3,11-12H2,1-2H3,(H2,20,21,22);1H. The molecule has 0 saturated heterocycles. The van der Waals surface area contributed by atoms with Gasteiger partial charge in [-0.05, 0) is 42.3 Å². The number of halogens is 2. The van der Waals surface area contributed by atoms with E-state index in [-0.39, 0.29) is 29.7 Å². The van der Waals surface area contributed by atoms with E-state index in [2.05, 4.69) is 15.6 Å². The van der Waals surface area contributed by atoms with E-state index in [1.54, 1.807) is 13.2 Å². The molecule has 5 nitrogen and oxygen atoms in total. The molecule has 0 aliphatic carbocycles. The largest absolute Gasteiger partial charge is 0.505 e. The third kappa shape index (κ3) is 6.77. The topological polar surface area (TPSA) is 65.9 Å². The van der Waals surface area contributed by atoms with Gasteiger partial charge in [0.05, 0.1) is 13.7 Å². The molecular weight excluding hydrogens is 436 g/mol. The second kappa shape index (κ2) is 10.8. The van der Waals surface area contributed by atoms with Crippen LogP contribution in [0.25, 0.3) is 0 Å². The van der Waals surface area contributed by atoms with Gasteiger partial charge in [0.15, 0.2) is 17.5 Å². The monoisotopic (exact) mass is 459 g/mol. The van der Waals surface area contributed by atoms with Crippen molar-refractivity contribution in [2.24, 2.45) is 4.99 Å². The van der Waals surface area contributed by atoms with Crippen LogP contribution in [-0.4, -0.2) is 24.7 Å². The minimum atomic E-state index is -0.640. The van der Waals surface area contributed by atoms with Crippen LogP contribution in [0.3, 0.4) is 0 Å². The third-order valence-electron chi connectivity index (χ3n) is 3.40. The van der Waals surface area contributed by atoms with Crippen LogP contribution in [0.2, 0.25) is 0 Å². The molecule has 2 aromatic rings. The summed E-state index contributed by atoms with van der Waals surface area (Å²) >= 11 is 0. The van der Waals surface area contributed by atoms with Crippen LogP contribution < -0.4 is 15.4 Å². The van der Waals surface area contributed by atoms with Crippen molar-refractivity contribution in [3.8, 4) is 11.5 Å². The number of rotatable bonds is 6. The second-order valence-electron chi connectivity index (χ2n) is 5.18. The van der Waals surface area contributed by atoms with Crippen molar-refractivity contribution in [3.05, 3.63) is 59.4 Å². The first-order chi connectivity index (χ1) is 11.6. The molecule has 136 valence electrons. The first-order valence-electron chi connectivity index (χ1n) is 7.75. The molecule has 0 aliphatic heterocycles. The number of phenolic OH excluding ortho intramolecular Hbond substituents is 1. The summed E-state index contributed by atoms with van der Waals surface area (Å²) in [7, 11) is 1.63. The third-order valence-corrected chi connectivity index (χ3v) is 3.40. The summed E-state index contributed by atoms with van der Waals surface area (Å²) < 4.78 is 18.5. The zero-order valence-corrected chi connectivity index (χ0v) is 16.6. The average Bonchev–Trinajstić information content (AvgIpc) is 2.60. The molecule has 0 radical (unpaired) electrons. The summed E-state index contributed by atoms with van der Waals surface area (Å²) in [5.74, 6) is 0.460. The van der Waals surface area contributed by atoms with Crippen molar-refractivity contribution < 1.29 is 14.2 Å². The predicted molar refractivity (Wildman–Crippen MR) is 108 cm³/mol. The average molecular weight is 459 g/mol. The molecule has 2 rings (SSSR count). The van der Waals surface area contributed by atoms with Gasteiger partial charge in [0, 0.05) is 13.1 Å². The molecule has 0 fully saturated rings. The molecule has 0 amide bonds. The normalized spacial score (nSPS) is 10.8. The van der Waals surface area contributed by atoms with E-state index in [0.29, 0.717) is 24.6 Å². The molecule has 0 heterocycles. The summed E-state index contributed by atoms with van der Waals surface area (Å²) in [6.07, 6.45) is 0. The first kappa shape index (κ1) is 21.0. The van der Waals surface area contributed by atoms with Gasteiger partial charge in [-0.3, -0.25) is 0 Å². The summed E-state index contributed by atoms with van der Waals surface area (Å²) in [6.45, 7) is 3.62. The molecule has 25 heavy (non-hydrogen) atoms. The van der Waals surface area contributed by atoms with Crippen molar-refractivity contribution in [2.75, 3.05) is 13.7 Å². The van der Waals surface area contributed by atoms with E-state index in [4.69, 9.17) is 4.74 Å². The van der Waals surface area contributed by atoms with Gasteiger partial charge in [-0.1, -0.05) is 18.2 Å². The molecule has 0 atom stereocenters. The van der Waals surface area contributed by atoms with E-state index in [0.717, 1.165) is 17.9 Å². The Balaban J connectivity index is 0.00000312. The van der Waals surface area contributed by atoms with E-state index >= 15 is 0 Å². The lowest BCUT2D eigenvalue weighted by Crippen LogP contribution is -2.36. The van der Waals surface area contributed by atoms with Crippen LogP contribution in [0.4, 0.5) is 4.39 Å². The van der Waals surface area contributed by atoms with Crippen molar-refractivity contribution in [3.63, 3.8) is 0 Å². The highest BCUT2D eigenvalue weighted by atomic mass is 127. The van der Waals surface area contributed by atoms with Gasteiger partial charge in [-0.2, -0.15) is 0 Å². The van der Waals surface area contributed by atoms with E-state index in [1.165, 1.54) is 12.1 Å². The van der Waals surface area contributed by atoms with Gasteiger partial charge < -0.3 is 20.5 Å². The molecule has 0 aromatic heterocycles. The van der Waals surface area contributed by atoms with Gasteiger partial charge in [-0.15, -0.1) is 24.0 Å². The Labute approximate surface area is 164 Å². The fourth-order valence-corrected chi connectivity index (χ4v) is 2.09. The number of aromatic hydroxyl groups is 1. The lowest BCUT2D eigenvalue weighted by molar-refractivity contribution is 0.414. The van der Waals surface area contributed by atoms with Gasteiger partial charge in [0.25, 0.3) is 0 Å². The Kier molecular flexibility index (Phi) is 9.04. The summed E-state index contributed by atoms with van der Waals surface area (Å²) in [4.78, 5) is 4.42. The smallest absolute Gasteiger partial charge is 0.191 e. The number of nitrogens with zero attached hydrogens (tertiary/aromatic N) is 1. The molecule has 0 spiro atoms. The number of benzene rings is 2. The number of ether oxygens (including phenoxy) is 1. The fraction of sp³-hybridized carbons (Fsp3) is 0.278. The number of phenols is 1. The summed E-state index contributed by atoms with van der Waals surface area (Å²) in [6, 6.07) is 12.0. The Bertz CT molecular complexity index is 693. The fourth-order valence-electron chi connectivity index (χ4n) is 2.09. The minimum Gasteiger partial charge on any atom is -0.505 e. The lowest BCUT2D eigenvalue weighted by atomic mass is 10.2. The lowest BCUT2D eigenvalue weighted by Gasteiger charge is -2.12. The van der Waals surface area contributed by atoms with Crippen molar-refractivity contribution >= 4 is 29.9 Å². The number of aliphatic imine (C=N–C) groups is 1. The van der Waals surface area contributed by atoms with Crippen molar-refractivity contribution in [1.82, 2.24) is 10.6 Å². The zero-order chi connectivity index (χ0) is 17.4. The van der Waals surface area contributed by atoms with Crippen LogP contribution >= 0.6 is 24.0 Å². The van der Waals surface area contributed by atoms with Crippen molar-refractivity contribution in [1.29, 1.82) is 0 Å². The van der Waals surface area contributed by atoms with Gasteiger partial charge >= 0.3 is 0 Å². The maximum Gasteiger partial charge on any atom is 0.191 e. The zero-order valence-electron chi connectivity index (χ0n) is 14.3. The Morgan fingerprint density at radius 1 is 1.12 bits per heavy atom. The molecule has 0 aliphatic rings. The Morgan fingerprint density at radius 3 is 2.40 bits per heavy atom. The quantitative estimate of drug-likeness (QED) is 0.352.